The summed E-state index contributed by atoms with van der Waals surface area (Å²) in [5.41, 5.74) is 1.12. The Hall–Kier alpha value is -1.28. The van der Waals surface area contributed by atoms with Crippen LogP contribution in [0.5, 0.6) is 5.75 Å². The van der Waals surface area contributed by atoms with E-state index in [1.807, 2.05) is 18.2 Å². The Labute approximate surface area is 96.6 Å². The first-order valence-electron chi connectivity index (χ1n) is 5.77. The first-order valence-corrected chi connectivity index (χ1v) is 5.77. The molecule has 1 saturated carbocycles. The van der Waals surface area contributed by atoms with Crippen LogP contribution in [0.15, 0.2) is 30.3 Å². The van der Waals surface area contributed by atoms with E-state index in [1.54, 1.807) is 7.11 Å². The number of hydrogen-bond donors (Lipinski definition) is 1. The van der Waals surface area contributed by atoms with E-state index in [1.165, 1.54) is 6.42 Å². The summed E-state index contributed by atoms with van der Waals surface area (Å²) in [5, 5.41) is 8.82. The zero-order valence-corrected chi connectivity index (χ0v) is 9.60. The van der Waals surface area contributed by atoms with Crippen LogP contribution in [0.25, 0.3) is 6.08 Å². The number of methoxy groups -OCH3 is 1. The molecule has 0 bridgehead atoms. The van der Waals surface area contributed by atoms with E-state index >= 15 is 0 Å². The molecule has 1 aromatic carbocycles. The van der Waals surface area contributed by atoms with E-state index in [0.29, 0.717) is 18.4 Å². The molecule has 0 heterocycles. The topological polar surface area (TPSA) is 29.5 Å². The summed E-state index contributed by atoms with van der Waals surface area (Å²) < 4.78 is 5.28. The second-order valence-electron chi connectivity index (χ2n) is 4.27. The van der Waals surface area contributed by atoms with Gasteiger partial charge in [-0.05, 0) is 30.7 Å². The number of para-hydroxylation sites is 1. The molecule has 0 aromatic heterocycles. The molecule has 1 N–H and O–H groups in total. The third-order valence-corrected chi connectivity index (χ3v) is 3.14. The molecule has 16 heavy (non-hydrogen) atoms. The van der Waals surface area contributed by atoms with E-state index in [9.17, 15) is 0 Å². The largest absolute Gasteiger partial charge is 0.496 e. The summed E-state index contributed by atoms with van der Waals surface area (Å²) in [5.74, 6) is 2.26. The Balaban J connectivity index is 1.96. The number of benzene rings is 1. The van der Waals surface area contributed by atoms with E-state index in [0.717, 1.165) is 17.7 Å². The highest BCUT2D eigenvalue weighted by Gasteiger charge is 2.33. The standard InChI is InChI=1S/C14H18O2/c1-16-14-5-3-2-4-11(14)6-7-12-10-13(12)8-9-15/h2-7,12-13,15H,8-10H2,1H3/b7-6+/t12-,13-/m1/s1. The van der Waals surface area contributed by atoms with E-state index in [4.69, 9.17) is 9.84 Å². The van der Waals surface area contributed by atoms with Crippen molar-refractivity contribution in [2.24, 2.45) is 11.8 Å². The van der Waals surface area contributed by atoms with Crippen LogP contribution < -0.4 is 4.74 Å². The SMILES string of the molecule is COc1ccccc1/C=C/[C@@H]1C[C@H]1CCO. The monoisotopic (exact) mass is 218 g/mol. The molecule has 1 aliphatic rings. The molecule has 1 aromatic rings. The number of rotatable bonds is 5. The molecular weight excluding hydrogens is 200 g/mol. The van der Waals surface area contributed by atoms with Gasteiger partial charge in [0.1, 0.15) is 5.75 Å². The zero-order valence-electron chi connectivity index (χ0n) is 9.60. The van der Waals surface area contributed by atoms with Gasteiger partial charge in [-0.1, -0.05) is 30.4 Å². The van der Waals surface area contributed by atoms with Gasteiger partial charge in [-0.2, -0.15) is 0 Å². The molecular formula is C14H18O2. The molecule has 0 saturated heterocycles. The van der Waals surface area contributed by atoms with Gasteiger partial charge < -0.3 is 9.84 Å². The molecule has 2 rings (SSSR count). The molecule has 0 unspecified atom stereocenters. The fourth-order valence-electron chi connectivity index (χ4n) is 2.04. The lowest BCUT2D eigenvalue weighted by atomic mass is 10.1. The normalized spacial score (nSPS) is 23.6. The lowest BCUT2D eigenvalue weighted by Gasteiger charge is -2.03. The highest BCUT2D eigenvalue weighted by molar-refractivity contribution is 5.57. The van der Waals surface area contributed by atoms with E-state index in [2.05, 4.69) is 18.2 Å². The van der Waals surface area contributed by atoms with Crippen molar-refractivity contribution >= 4 is 6.08 Å². The number of hydrogen-bond acceptors (Lipinski definition) is 2. The molecule has 2 heteroatoms. The van der Waals surface area contributed by atoms with Gasteiger partial charge >= 0.3 is 0 Å². The molecule has 0 amide bonds. The molecule has 2 atom stereocenters. The third-order valence-electron chi connectivity index (χ3n) is 3.14. The average molecular weight is 218 g/mol. The molecule has 0 aliphatic heterocycles. The van der Waals surface area contributed by atoms with Gasteiger partial charge in [0.05, 0.1) is 7.11 Å². The number of aliphatic hydroxyl groups excluding tert-OH is 1. The Kier molecular flexibility index (Phi) is 3.62. The predicted octanol–water partition coefficient (Wildman–Crippen LogP) is 2.73. The molecule has 1 aliphatic carbocycles. The minimum atomic E-state index is 0.309. The van der Waals surface area contributed by atoms with Gasteiger partial charge in [0.25, 0.3) is 0 Å². The first-order chi connectivity index (χ1) is 7.85. The fourth-order valence-corrected chi connectivity index (χ4v) is 2.04. The van der Waals surface area contributed by atoms with E-state index in [-0.39, 0.29) is 0 Å². The van der Waals surface area contributed by atoms with Gasteiger partial charge in [-0.3, -0.25) is 0 Å². The minimum Gasteiger partial charge on any atom is -0.496 e. The lowest BCUT2D eigenvalue weighted by Crippen LogP contribution is -1.87. The highest BCUT2D eigenvalue weighted by Crippen LogP contribution is 2.42. The van der Waals surface area contributed by atoms with Gasteiger partial charge in [-0.25, -0.2) is 0 Å². The maximum Gasteiger partial charge on any atom is 0.126 e. The van der Waals surface area contributed by atoms with Crippen LogP contribution >= 0.6 is 0 Å². The minimum absolute atomic E-state index is 0.309. The summed E-state index contributed by atoms with van der Waals surface area (Å²) in [6, 6.07) is 8.01. The third kappa shape index (κ3) is 2.64. The predicted molar refractivity (Wildman–Crippen MR) is 65.3 cm³/mol. The fraction of sp³-hybridized carbons (Fsp3) is 0.429. The summed E-state index contributed by atoms with van der Waals surface area (Å²) >= 11 is 0. The van der Waals surface area contributed by atoms with Crippen molar-refractivity contribution in [2.45, 2.75) is 12.8 Å². The second-order valence-corrected chi connectivity index (χ2v) is 4.27. The summed E-state index contributed by atoms with van der Waals surface area (Å²) in [4.78, 5) is 0. The highest BCUT2D eigenvalue weighted by atomic mass is 16.5. The maximum atomic E-state index is 8.82. The molecule has 86 valence electrons. The van der Waals surface area contributed by atoms with Crippen LogP contribution in [0.4, 0.5) is 0 Å². The summed E-state index contributed by atoms with van der Waals surface area (Å²) in [6.07, 6.45) is 6.51. The van der Waals surface area contributed by atoms with E-state index < -0.39 is 0 Å². The number of aliphatic hydroxyl groups is 1. The van der Waals surface area contributed by atoms with Crippen molar-refractivity contribution in [3.8, 4) is 5.75 Å². The molecule has 2 nitrogen and oxygen atoms in total. The lowest BCUT2D eigenvalue weighted by molar-refractivity contribution is 0.278. The molecule has 0 spiro atoms. The van der Waals surface area contributed by atoms with Gasteiger partial charge in [0.2, 0.25) is 0 Å². The van der Waals surface area contributed by atoms with Crippen molar-refractivity contribution in [3.63, 3.8) is 0 Å². The Bertz CT molecular complexity index is 371. The van der Waals surface area contributed by atoms with Crippen LogP contribution in [0.1, 0.15) is 18.4 Å². The zero-order chi connectivity index (χ0) is 11.4. The van der Waals surface area contributed by atoms with Crippen LogP contribution in [-0.4, -0.2) is 18.8 Å². The van der Waals surface area contributed by atoms with Crippen LogP contribution in [0.2, 0.25) is 0 Å². The Morgan fingerprint density at radius 1 is 1.44 bits per heavy atom. The van der Waals surface area contributed by atoms with Crippen molar-refractivity contribution in [1.29, 1.82) is 0 Å². The van der Waals surface area contributed by atoms with Crippen molar-refractivity contribution in [1.82, 2.24) is 0 Å². The quantitative estimate of drug-likeness (QED) is 0.823. The molecule has 1 fully saturated rings. The second kappa shape index (κ2) is 5.17. The maximum absolute atomic E-state index is 8.82. The molecule has 0 radical (unpaired) electrons. The number of ether oxygens (including phenoxy) is 1. The Morgan fingerprint density at radius 3 is 3.00 bits per heavy atom. The average Bonchev–Trinajstić information content (AvgIpc) is 3.06. The van der Waals surface area contributed by atoms with Crippen molar-refractivity contribution in [3.05, 3.63) is 35.9 Å². The number of allylic oxidation sites excluding steroid dienone is 1. The van der Waals surface area contributed by atoms with Gasteiger partial charge in [-0.15, -0.1) is 0 Å². The summed E-state index contributed by atoms with van der Waals surface area (Å²) in [6.45, 7) is 0.309. The smallest absolute Gasteiger partial charge is 0.126 e. The van der Waals surface area contributed by atoms with Gasteiger partial charge in [0.15, 0.2) is 0 Å². The van der Waals surface area contributed by atoms with Crippen LogP contribution in [0, 0.1) is 11.8 Å². The van der Waals surface area contributed by atoms with Crippen LogP contribution in [-0.2, 0) is 0 Å². The summed E-state index contributed by atoms with van der Waals surface area (Å²) in [7, 11) is 1.69. The van der Waals surface area contributed by atoms with Crippen molar-refractivity contribution < 1.29 is 9.84 Å². The van der Waals surface area contributed by atoms with Gasteiger partial charge in [0, 0.05) is 12.2 Å². The van der Waals surface area contributed by atoms with Crippen molar-refractivity contribution in [2.75, 3.05) is 13.7 Å². The Morgan fingerprint density at radius 2 is 2.25 bits per heavy atom. The van der Waals surface area contributed by atoms with Crippen LogP contribution in [0.3, 0.4) is 0 Å². The first kappa shape index (κ1) is 11.2.